The van der Waals surface area contributed by atoms with Gasteiger partial charge in [-0.2, -0.15) is 0 Å². The van der Waals surface area contributed by atoms with E-state index in [-0.39, 0.29) is 28.3 Å². The minimum Gasteiger partial charge on any atom is -0.326 e. The van der Waals surface area contributed by atoms with Gasteiger partial charge in [0.05, 0.1) is 10.4 Å². The lowest BCUT2D eigenvalue weighted by Crippen LogP contribution is -2.26. The number of amides is 1. The molecule has 0 bridgehead atoms. The number of nitrogens with one attached hydrogen (secondary N) is 2. The summed E-state index contributed by atoms with van der Waals surface area (Å²) in [5.74, 6) is 0.197. The molecular weight excluding hydrogens is 437 g/mol. The minimum absolute atomic E-state index is 0.000502. The van der Waals surface area contributed by atoms with Crippen LogP contribution in [0.25, 0.3) is 10.2 Å². The van der Waals surface area contributed by atoms with E-state index in [0.29, 0.717) is 29.2 Å². The Bertz CT molecular complexity index is 1210. The molecule has 1 amide bonds. The highest BCUT2D eigenvalue weighted by Gasteiger charge is 2.31. The molecule has 31 heavy (non-hydrogen) atoms. The van der Waals surface area contributed by atoms with Crippen LogP contribution in [0.2, 0.25) is 5.02 Å². The molecule has 164 valence electrons. The summed E-state index contributed by atoms with van der Waals surface area (Å²) < 4.78 is 13.5. The Balaban J connectivity index is 1.48. The molecule has 0 spiro atoms. The number of thiophene rings is 1. The van der Waals surface area contributed by atoms with Crippen LogP contribution in [-0.4, -0.2) is 15.9 Å². The second-order valence-electron chi connectivity index (χ2n) is 9.18. The molecule has 2 aromatic heterocycles. The number of rotatable bonds is 4. The number of fused-ring (bicyclic) bond motifs is 3. The molecular formula is C23H25ClFN3O2S. The lowest BCUT2D eigenvalue weighted by molar-refractivity contribution is -0.116. The smallest absolute Gasteiger partial charge is 0.259 e. The second-order valence-corrected chi connectivity index (χ2v) is 10.7. The molecule has 1 aliphatic rings. The maximum Gasteiger partial charge on any atom is 0.259 e. The zero-order valence-electron chi connectivity index (χ0n) is 17.8. The number of halogens is 2. The lowest BCUT2D eigenvalue weighted by Gasteiger charge is -2.33. The van der Waals surface area contributed by atoms with Crippen molar-refractivity contribution in [2.45, 2.75) is 52.9 Å². The monoisotopic (exact) mass is 461 g/mol. The number of carbonyl (C=O) groups excluding carboxylic acids is 1. The van der Waals surface area contributed by atoms with Crippen LogP contribution in [0.5, 0.6) is 0 Å². The normalized spacial score (nSPS) is 16.4. The summed E-state index contributed by atoms with van der Waals surface area (Å²) in [5, 5.41) is 3.34. The average Bonchev–Trinajstić information content (AvgIpc) is 3.06. The number of anilines is 1. The van der Waals surface area contributed by atoms with E-state index in [1.54, 1.807) is 11.3 Å². The first-order chi connectivity index (χ1) is 14.6. The van der Waals surface area contributed by atoms with Crippen molar-refractivity contribution < 1.29 is 9.18 Å². The van der Waals surface area contributed by atoms with Crippen LogP contribution in [0.15, 0.2) is 23.0 Å². The Morgan fingerprint density at radius 3 is 2.87 bits per heavy atom. The number of aromatic amines is 1. The zero-order chi connectivity index (χ0) is 22.3. The van der Waals surface area contributed by atoms with Crippen molar-refractivity contribution in [2.75, 3.05) is 5.32 Å². The van der Waals surface area contributed by atoms with Crippen LogP contribution in [0.1, 0.15) is 49.9 Å². The number of hydrogen-bond donors (Lipinski definition) is 2. The van der Waals surface area contributed by atoms with E-state index in [0.717, 1.165) is 29.7 Å². The Labute approximate surface area is 189 Å². The third kappa shape index (κ3) is 4.67. The van der Waals surface area contributed by atoms with Crippen molar-refractivity contribution in [3.8, 4) is 0 Å². The van der Waals surface area contributed by atoms with E-state index >= 15 is 0 Å². The van der Waals surface area contributed by atoms with Gasteiger partial charge < -0.3 is 10.3 Å². The van der Waals surface area contributed by atoms with Gasteiger partial charge in [-0.05, 0) is 54.4 Å². The fourth-order valence-corrected chi connectivity index (χ4v) is 5.55. The molecule has 1 unspecified atom stereocenters. The summed E-state index contributed by atoms with van der Waals surface area (Å²) in [6, 6.07) is 4.10. The standard InChI is InChI=1S/C23H25ClFN3O2S/c1-23(2,3)12-4-6-14-17(10-12)31-22-20(14)21(30)27-18(28-22)8-9-19(29)26-13-5-7-15(24)16(25)11-13/h5,7,11-12H,4,6,8-10H2,1-3H3,(H,26,29)(H,27,28,30). The van der Waals surface area contributed by atoms with Gasteiger partial charge in [-0.15, -0.1) is 11.3 Å². The number of nitrogens with zero attached hydrogens (tertiary/aromatic N) is 1. The van der Waals surface area contributed by atoms with Crippen LogP contribution >= 0.6 is 22.9 Å². The third-order valence-corrected chi connectivity index (χ3v) is 7.44. The molecule has 0 fully saturated rings. The maximum atomic E-state index is 13.5. The molecule has 0 aliphatic heterocycles. The van der Waals surface area contributed by atoms with Gasteiger partial charge in [-0.25, -0.2) is 9.37 Å². The first-order valence-electron chi connectivity index (χ1n) is 10.4. The predicted molar refractivity (Wildman–Crippen MR) is 124 cm³/mol. The Morgan fingerprint density at radius 2 is 2.16 bits per heavy atom. The summed E-state index contributed by atoms with van der Waals surface area (Å²) in [5.41, 5.74) is 1.58. The van der Waals surface area contributed by atoms with Crippen LogP contribution in [0, 0.1) is 17.2 Å². The molecule has 0 radical (unpaired) electrons. The van der Waals surface area contributed by atoms with E-state index in [1.807, 2.05) is 0 Å². The number of H-pyrrole nitrogens is 1. The van der Waals surface area contributed by atoms with Gasteiger partial charge in [0.25, 0.3) is 5.56 Å². The molecule has 0 saturated heterocycles. The van der Waals surface area contributed by atoms with E-state index in [1.165, 1.54) is 23.1 Å². The zero-order valence-corrected chi connectivity index (χ0v) is 19.3. The third-order valence-electron chi connectivity index (χ3n) is 5.99. The number of carbonyl (C=O) groups is 1. The van der Waals surface area contributed by atoms with E-state index in [4.69, 9.17) is 11.6 Å². The average molecular weight is 462 g/mol. The SMILES string of the molecule is CC(C)(C)C1CCc2c(sc3nc(CCC(=O)Nc4ccc(Cl)c(F)c4)[nH]c(=O)c23)C1. The molecule has 1 atom stereocenters. The van der Waals surface area contributed by atoms with Gasteiger partial charge >= 0.3 is 0 Å². The van der Waals surface area contributed by atoms with Gasteiger partial charge in [0.2, 0.25) is 5.91 Å². The first-order valence-corrected chi connectivity index (χ1v) is 11.6. The molecule has 1 aromatic carbocycles. The topological polar surface area (TPSA) is 74.8 Å². The molecule has 4 rings (SSSR count). The Kier molecular flexibility index (Phi) is 5.92. The van der Waals surface area contributed by atoms with Gasteiger partial charge in [-0.3, -0.25) is 9.59 Å². The maximum absolute atomic E-state index is 13.5. The summed E-state index contributed by atoms with van der Waals surface area (Å²) in [4.78, 5) is 34.5. The fraction of sp³-hybridized carbons (Fsp3) is 0.435. The number of aryl methyl sites for hydroxylation is 2. The quantitative estimate of drug-likeness (QED) is 0.538. The number of aromatic nitrogens is 2. The van der Waals surface area contributed by atoms with Crippen molar-refractivity contribution in [1.29, 1.82) is 0 Å². The van der Waals surface area contributed by atoms with Crippen molar-refractivity contribution in [3.63, 3.8) is 0 Å². The van der Waals surface area contributed by atoms with E-state index < -0.39 is 5.82 Å². The molecule has 5 nitrogen and oxygen atoms in total. The highest BCUT2D eigenvalue weighted by molar-refractivity contribution is 7.18. The summed E-state index contributed by atoms with van der Waals surface area (Å²) in [6.07, 6.45) is 3.38. The fourth-order valence-electron chi connectivity index (χ4n) is 4.12. The largest absolute Gasteiger partial charge is 0.326 e. The van der Waals surface area contributed by atoms with Crippen LogP contribution < -0.4 is 10.9 Å². The summed E-state index contributed by atoms with van der Waals surface area (Å²) in [6.45, 7) is 6.80. The number of benzene rings is 1. The van der Waals surface area contributed by atoms with Crippen molar-refractivity contribution >= 4 is 44.7 Å². The predicted octanol–water partition coefficient (Wildman–Crippen LogP) is 5.50. The first kappa shape index (κ1) is 22.0. The molecule has 8 heteroatoms. The van der Waals surface area contributed by atoms with Crippen LogP contribution in [-0.2, 0) is 24.1 Å². The van der Waals surface area contributed by atoms with Gasteiger partial charge in [0.15, 0.2) is 0 Å². The minimum atomic E-state index is -0.591. The van der Waals surface area contributed by atoms with Crippen LogP contribution in [0.4, 0.5) is 10.1 Å². The van der Waals surface area contributed by atoms with E-state index in [2.05, 4.69) is 36.1 Å². The summed E-state index contributed by atoms with van der Waals surface area (Å²) in [7, 11) is 0. The molecule has 2 N–H and O–H groups in total. The molecule has 0 saturated carbocycles. The van der Waals surface area contributed by atoms with Gasteiger partial charge in [-0.1, -0.05) is 32.4 Å². The second kappa shape index (κ2) is 8.36. The van der Waals surface area contributed by atoms with Gasteiger partial charge in [0, 0.05) is 23.4 Å². The highest BCUT2D eigenvalue weighted by atomic mass is 35.5. The summed E-state index contributed by atoms with van der Waals surface area (Å²) >= 11 is 7.26. The van der Waals surface area contributed by atoms with E-state index in [9.17, 15) is 14.0 Å². The highest BCUT2D eigenvalue weighted by Crippen LogP contribution is 2.42. The molecule has 1 aliphatic carbocycles. The Hall–Kier alpha value is -2.25. The number of hydrogen-bond acceptors (Lipinski definition) is 4. The molecule has 3 aromatic rings. The van der Waals surface area contributed by atoms with Crippen LogP contribution in [0.3, 0.4) is 0 Å². The van der Waals surface area contributed by atoms with Crippen molar-refractivity contribution in [3.05, 3.63) is 55.7 Å². The Morgan fingerprint density at radius 1 is 1.39 bits per heavy atom. The van der Waals surface area contributed by atoms with Crippen molar-refractivity contribution in [1.82, 2.24) is 9.97 Å². The van der Waals surface area contributed by atoms with Crippen molar-refractivity contribution in [2.24, 2.45) is 11.3 Å². The molecule has 2 heterocycles. The van der Waals surface area contributed by atoms with Gasteiger partial charge in [0.1, 0.15) is 16.5 Å². The lowest BCUT2D eigenvalue weighted by atomic mass is 9.72.